The molecule has 0 saturated carbocycles. The van der Waals surface area contributed by atoms with Crippen molar-refractivity contribution in [3.05, 3.63) is 16.5 Å². The lowest BCUT2D eigenvalue weighted by atomic mass is 10.2. The van der Waals surface area contributed by atoms with Gasteiger partial charge in [-0.2, -0.15) is 0 Å². The van der Waals surface area contributed by atoms with Crippen molar-refractivity contribution in [2.75, 3.05) is 29.5 Å². The molecule has 0 radical (unpaired) electrons. The standard InChI is InChI=1S/C13H20ClN3O2S/c1-3-5-11-15-12(14)10(2)13(16-11)17-6-4-8-20(18,19)9-7-17/h3-9H2,1-2H3. The normalized spacial score (nSPS) is 18.9. The number of hydrogen-bond acceptors (Lipinski definition) is 5. The summed E-state index contributed by atoms with van der Waals surface area (Å²) in [6.45, 7) is 5.11. The summed E-state index contributed by atoms with van der Waals surface area (Å²) in [5.41, 5.74) is 0.825. The van der Waals surface area contributed by atoms with E-state index in [4.69, 9.17) is 11.6 Å². The maximum Gasteiger partial charge on any atom is 0.152 e. The third-order valence-corrected chi connectivity index (χ3v) is 5.52. The van der Waals surface area contributed by atoms with Crippen molar-refractivity contribution in [3.63, 3.8) is 0 Å². The highest BCUT2D eigenvalue weighted by Gasteiger charge is 2.22. The van der Waals surface area contributed by atoms with Crippen molar-refractivity contribution in [3.8, 4) is 0 Å². The van der Waals surface area contributed by atoms with Gasteiger partial charge in [0.1, 0.15) is 16.8 Å². The largest absolute Gasteiger partial charge is 0.355 e. The molecule has 1 aliphatic heterocycles. The lowest BCUT2D eigenvalue weighted by Gasteiger charge is -2.23. The Hall–Kier alpha value is -0.880. The maximum absolute atomic E-state index is 11.7. The molecule has 5 nitrogen and oxygen atoms in total. The van der Waals surface area contributed by atoms with E-state index in [0.29, 0.717) is 24.7 Å². The van der Waals surface area contributed by atoms with Crippen molar-refractivity contribution in [1.29, 1.82) is 0 Å². The van der Waals surface area contributed by atoms with Gasteiger partial charge in [-0.3, -0.25) is 0 Å². The van der Waals surface area contributed by atoms with E-state index in [9.17, 15) is 8.42 Å². The zero-order chi connectivity index (χ0) is 14.8. The van der Waals surface area contributed by atoms with E-state index in [0.717, 1.165) is 30.0 Å². The average Bonchev–Trinajstić information content (AvgIpc) is 2.55. The Bertz CT molecular complexity index is 590. The van der Waals surface area contributed by atoms with Crippen molar-refractivity contribution in [1.82, 2.24) is 9.97 Å². The number of sulfone groups is 1. The van der Waals surface area contributed by atoms with Gasteiger partial charge >= 0.3 is 0 Å². The van der Waals surface area contributed by atoms with Gasteiger partial charge < -0.3 is 4.90 Å². The minimum absolute atomic E-state index is 0.178. The predicted octanol–water partition coefficient (Wildman–Crippen LogP) is 2.02. The Labute approximate surface area is 125 Å². The van der Waals surface area contributed by atoms with Crippen LogP contribution < -0.4 is 4.90 Å². The zero-order valence-electron chi connectivity index (χ0n) is 11.9. The first-order valence-corrected chi connectivity index (χ1v) is 9.11. The zero-order valence-corrected chi connectivity index (χ0v) is 13.5. The highest BCUT2D eigenvalue weighted by Crippen LogP contribution is 2.25. The third-order valence-electron chi connectivity index (χ3n) is 3.44. The molecular formula is C13H20ClN3O2S. The van der Waals surface area contributed by atoms with Crippen molar-refractivity contribution in [2.24, 2.45) is 0 Å². The van der Waals surface area contributed by atoms with Crippen LogP contribution in [0.3, 0.4) is 0 Å². The number of aryl methyl sites for hydroxylation is 1. The summed E-state index contributed by atoms with van der Waals surface area (Å²) in [6, 6.07) is 0. The number of rotatable bonds is 3. The maximum atomic E-state index is 11.7. The van der Waals surface area contributed by atoms with Crippen LogP contribution >= 0.6 is 11.6 Å². The van der Waals surface area contributed by atoms with Crippen LogP contribution in [0.15, 0.2) is 0 Å². The Kier molecular flexibility index (Phi) is 4.86. The van der Waals surface area contributed by atoms with Crippen LogP contribution in [0.2, 0.25) is 5.15 Å². The molecule has 0 bridgehead atoms. The topological polar surface area (TPSA) is 63.2 Å². The molecule has 1 aromatic rings. The molecule has 2 heterocycles. The number of anilines is 1. The van der Waals surface area contributed by atoms with Crippen molar-refractivity contribution < 1.29 is 8.42 Å². The summed E-state index contributed by atoms with van der Waals surface area (Å²) in [6.07, 6.45) is 2.36. The fraction of sp³-hybridized carbons (Fsp3) is 0.692. The molecule has 1 saturated heterocycles. The molecule has 112 valence electrons. The summed E-state index contributed by atoms with van der Waals surface area (Å²) >= 11 is 6.17. The van der Waals surface area contributed by atoms with Gasteiger partial charge in [-0.05, 0) is 19.8 Å². The predicted molar refractivity (Wildman–Crippen MR) is 81.3 cm³/mol. The first-order chi connectivity index (χ1) is 9.43. The second-order valence-electron chi connectivity index (χ2n) is 5.12. The molecule has 0 aliphatic carbocycles. The van der Waals surface area contributed by atoms with Gasteiger partial charge in [0.05, 0.1) is 11.5 Å². The Morgan fingerprint density at radius 3 is 2.70 bits per heavy atom. The smallest absolute Gasteiger partial charge is 0.152 e. The van der Waals surface area contributed by atoms with E-state index in [1.807, 2.05) is 11.8 Å². The van der Waals surface area contributed by atoms with Crippen molar-refractivity contribution >= 4 is 27.3 Å². The third kappa shape index (κ3) is 3.61. The minimum atomic E-state index is -2.92. The van der Waals surface area contributed by atoms with Gasteiger partial charge in [0.15, 0.2) is 9.84 Å². The second kappa shape index (κ2) is 6.26. The molecule has 1 aliphatic rings. The molecule has 7 heteroatoms. The summed E-state index contributed by atoms with van der Waals surface area (Å²) in [5, 5.41) is 0.463. The monoisotopic (exact) mass is 317 g/mol. The second-order valence-corrected chi connectivity index (χ2v) is 7.78. The highest BCUT2D eigenvalue weighted by atomic mass is 35.5. The summed E-state index contributed by atoms with van der Waals surface area (Å²) in [4.78, 5) is 10.9. The van der Waals surface area contributed by atoms with E-state index >= 15 is 0 Å². The minimum Gasteiger partial charge on any atom is -0.355 e. The van der Waals surface area contributed by atoms with E-state index in [-0.39, 0.29) is 11.5 Å². The molecule has 0 unspecified atom stereocenters. The molecule has 0 aromatic carbocycles. The molecule has 0 N–H and O–H groups in total. The number of nitrogens with zero attached hydrogens (tertiary/aromatic N) is 3. The quantitative estimate of drug-likeness (QED) is 0.798. The van der Waals surface area contributed by atoms with Gasteiger partial charge in [-0.15, -0.1) is 0 Å². The average molecular weight is 318 g/mol. The molecule has 0 atom stereocenters. The van der Waals surface area contributed by atoms with Gasteiger partial charge in [-0.1, -0.05) is 18.5 Å². The molecule has 20 heavy (non-hydrogen) atoms. The van der Waals surface area contributed by atoms with Crippen LogP contribution in [0.5, 0.6) is 0 Å². The SMILES string of the molecule is CCCc1nc(Cl)c(C)c(N2CCCS(=O)(=O)CC2)n1. The fourth-order valence-electron chi connectivity index (χ4n) is 2.31. The lowest BCUT2D eigenvalue weighted by Crippen LogP contribution is -2.29. The fourth-order valence-corrected chi connectivity index (χ4v) is 3.77. The van der Waals surface area contributed by atoms with Crippen LogP contribution in [-0.2, 0) is 16.3 Å². The first kappa shape index (κ1) is 15.5. The molecule has 0 amide bonds. The Balaban J connectivity index is 2.31. The van der Waals surface area contributed by atoms with Crippen LogP contribution in [0.25, 0.3) is 0 Å². The molecule has 1 fully saturated rings. The summed E-state index contributed by atoms with van der Waals surface area (Å²) in [5.74, 6) is 1.94. The van der Waals surface area contributed by atoms with E-state index in [1.54, 1.807) is 0 Å². The summed E-state index contributed by atoms with van der Waals surface area (Å²) in [7, 11) is -2.92. The Morgan fingerprint density at radius 2 is 2.00 bits per heavy atom. The van der Waals surface area contributed by atoms with E-state index in [1.165, 1.54) is 0 Å². The van der Waals surface area contributed by atoms with Crippen molar-refractivity contribution in [2.45, 2.75) is 33.1 Å². The molecule has 1 aromatic heterocycles. The number of halogens is 1. The van der Waals surface area contributed by atoms with Crippen LogP contribution in [0.1, 0.15) is 31.2 Å². The first-order valence-electron chi connectivity index (χ1n) is 6.91. The Morgan fingerprint density at radius 1 is 1.25 bits per heavy atom. The van der Waals surface area contributed by atoms with E-state index in [2.05, 4.69) is 16.9 Å². The van der Waals surface area contributed by atoms with E-state index < -0.39 is 9.84 Å². The molecule has 0 spiro atoms. The molecular weight excluding hydrogens is 298 g/mol. The molecule has 2 rings (SSSR count). The van der Waals surface area contributed by atoms with Gasteiger partial charge in [0, 0.05) is 25.1 Å². The van der Waals surface area contributed by atoms with Gasteiger partial charge in [0.25, 0.3) is 0 Å². The lowest BCUT2D eigenvalue weighted by molar-refractivity contribution is 0.597. The number of hydrogen-bond donors (Lipinski definition) is 0. The van der Waals surface area contributed by atoms with Gasteiger partial charge in [0.2, 0.25) is 0 Å². The van der Waals surface area contributed by atoms with Gasteiger partial charge in [-0.25, -0.2) is 18.4 Å². The highest BCUT2D eigenvalue weighted by molar-refractivity contribution is 7.91. The van der Waals surface area contributed by atoms with Crippen LogP contribution in [0, 0.1) is 6.92 Å². The number of aromatic nitrogens is 2. The van der Waals surface area contributed by atoms with Crippen LogP contribution in [0.4, 0.5) is 5.82 Å². The van der Waals surface area contributed by atoms with Crippen LogP contribution in [-0.4, -0.2) is 43.0 Å². The summed E-state index contributed by atoms with van der Waals surface area (Å²) < 4.78 is 23.4.